The first-order valence-corrected chi connectivity index (χ1v) is 6.05. The van der Waals surface area contributed by atoms with E-state index in [1.165, 1.54) is 11.8 Å². The van der Waals surface area contributed by atoms with Crippen LogP contribution in [0.3, 0.4) is 0 Å². The van der Waals surface area contributed by atoms with Gasteiger partial charge in [0.15, 0.2) is 5.78 Å². The fourth-order valence-corrected chi connectivity index (χ4v) is 2.69. The minimum atomic E-state index is -0.962. The zero-order valence-corrected chi connectivity index (χ0v) is 10.4. The molecule has 0 amide bonds. The average Bonchev–Trinajstić information content (AvgIpc) is 2.38. The molecule has 0 aliphatic carbocycles. The summed E-state index contributed by atoms with van der Waals surface area (Å²) in [5.41, 5.74) is 1.80. The van der Waals surface area contributed by atoms with Crippen LogP contribution in [0.2, 0.25) is 0 Å². The van der Waals surface area contributed by atoms with Crippen LogP contribution in [0.5, 0.6) is 0 Å². The topological polar surface area (TPSA) is 54.4 Å². The molecule has 1 aliphatic rings. The maximum Gasteiger partial charge on any atom is 0.335 e. The van der Waals surface area contributed by atoms with Gasteiger partial charge in [-0.15, -0.1) is 0 Å². The van der Waals surface area contributed by atoms with Crippen LogP contribution in [0.4, 0.5) is 0 Å². The number of hydrogen-bond acceptors (Lipinski definition) is 3. The third-order valence-electron chi connectivity index (χ3n) is 2.87. The summed E-state index contributed by atoms with van der Waals surface area (Å²) in [5.74, 6) is -0.896. The monoisotopic (exact) mass is 248 g/mol. The van der Waals surface area contributed by atoms with Crippen LogP contribution in [-0.4, -0.2) is 16.9 Å². The van der Waals surface area contributed by atoms with E-state index in [1.807, 2.05) is 13.8 Å². The number of thioether (sulfide) groups is 1. The summed E-state index contributed by atoms with van der Waals surface area (Å²) >= 11 is 1.53. The first-order valence-electron chi connectivity index (χ1n) is 5.24. The van der Waals surface area contributed by atoms with Crippen molar-refractivity contribution < 1.29 is 14.7 Å². The maximum atomic E-state index is 11.8. The fraction of sp³-hybridized carbons (Fsp3) is 0.231. The number of hydrogen-bond donors (Lipinski definition) is 1. The first kappa shape index (κ1) is 11.9. The van der Waals surface area contributed by atoms with Gasteiger partial charge in [-0.2, -0.15) is 0 Å². The number of carbonyl (C=O) groups excluding carboxylic acids is 1. The van der Waals surface area contributed by atoms with Crippen LogP contribution < -0.4 is 0 Å². The van der Waals surface area contributed by atoms with Crippen molar-refractivity contribution in [1.82, 2.24) is 0 Å². The molecule has 0 unspecified atom stereocenters. The Balaban J connectivity index is 2.49. The molecule has 3 nitrogen and oxygen atoms in total. The number of carboxylic acid groups (broad SMARTS) is 1. The number of rotatable bonds is 1. The van der Waals surface area contributed by atoms with Gasteiger partial charge in [0.05, 0.1) is 5.56 Å². The van der Waals surface area contributed by atoms with Gasteiger partial charge in [-0.25, -0.2) is 4.79 Å². The predicted molar refractivity (Wildman–Crippen MR) is 66.3 cm³/mol. The minimum Gasteiger partial charge on any atom is -0.478 e. The Morgan fingerprint density at radius 3 is 2.71 bits per heavy atom. The van der Waals surface area contributed by atoms with E-state index in [1.54, 1.807) is 18.2 Å². The van der Waals surface area contributed by atoms with Crippen LogP contribution in [0, 0.1) is 0 Å². The predicted octanol–water partition coefficient (Wildman–Crippen LogP) is 2.90. The molecule has 0 radical (unpaired) electrons. The highest BCUT2D eigenvalue weighted by molar-refractivity contribution is 8.03. The Morgan fingerprint density at radius 1 is 1.35 bits per heavy atom. The van der Waals surface area contributed by atoms with Crippen molar-refractivity contribution in [2.45, 2.75) is 25.2 Å². The lowest BCUT2D eigenvalue weighted by atomic mass is 10.0. The smallest absolute Gasteiger partial charge is 0.335 e. The molecule has 1 aromatic rings. The molecule has 0 bridgehead atoms. The number of fused-ring (bicyclic) bond motifs is 1. The molecule has 1 heterocycles. The molecular formula is C13H12O3S. The Labute approximate surface area is 104 Å². The van der Waals surface area contributed by atoms with E-state index < -0.39 is 5.97 Å². The van der Waals surface area contributed by atoms with Crippen LogP contribution in [0.1, 0.15) is 29.8 Å². The lowest BCUT2D eigenvalue weighted by molar-refractivity contribution is -0.114. The molecular weight excluding hydrogens is 236 g/mol. The molecule has 1 aliphatic heterocycles. The van der Waals surface area contributed by atoms with Crippen molar-refractivity contribution >= 4 is 23.5 Å². The summed E-state index contributed by atoms with van der Waals surface area (Å²) in [6.45, 7) is 3.73. The van der Waals surface area contributed by atoms with E-state index in [9.17, 15) is 9.59 Å². The molecule has 4 heteroatoms. The summed E-state index contributed by atoms with van der Waals surface area (Å²) in [6.07, 6.45) is 0.284. The number of carboxylic acids is 1. The van der Waals surface area contributed by atoms with Gasteiger partial charge in [0.2, 0.25) is 0 Å². The SMILES string of the molecule is CC1=C(C)C(=O)Cc2cc(C(=O)O)ccc2S1. The molecule has 88 valence electrons. The number of allylic oxidation sites excluding steroid dienone is 2. The van der Waals surface area contributed by atoms with Gasteiger partial charge in [-0.05, 0) is 42.5 Å². The van der Waals surface area contributed by atoms with Crippen LogP contribution >= 0.6 is 11.8 Å². The summed E-state index contributed by atoms with van der Waals surface area (Å²) in [6, 6.07) is 4.94. The first-order chi connectivity index (χ1) is 7.99. The Hall–Kier alpha value is -1.55. The molecule has 0 fully saturated rings. The van der Waals surface area contributed by atoms with Crippen molar-refractivity contribution in [3.63, 3.8) is 0 Å². The van der Waals surface area contributed by atoms with Crippen molar-refractivity contribution in [3.05, 3.63) is 39.8 Å². The molecule has 17 heavy (non-hydrogen) atoms. The Kier molecular flexibility index (Phi) is 3.07. The lowest BCUT2D eigenvalue weighted by Crippen LogP contribution is -2.05. The molecule has 0 saturated carbocycles. The Bertz CT molecular complexity index is 544. The quantitative estimate of drug-likeness (QED) is 0.830. The molecule has 1 N–H and O–H groups in total. The van der Waals surface area contributed by atoms with Crippen molar-refractivity contribution in [3.8, 4) is 0 Å². The van der Waals surface area contributed by atoms with E-state index >= 15 is 0 Å². The summed E-state index contributed by atoms with van der Waals surface area (Å²) in [4.78, 5) is 24.7. The number of aromatic carboxylic acids is 1. The second kappa shape index (κ2) is 4.37. The van der Waals surface area contributed by atoms with E-state index in [4.69, 9.17) is 5.11 Å². The summed E-state index contributed by atoms with van der Waals surface area (Å²) in [5, 5.41) is 8.92. The molecule has 0 spiro atoms. The number of carbonyl (C=O) groups is 2. The standard InChI is InChI=1S/C13H12O3S/c1-7-8(2)17-12-4-3-9(13(15)16)5-10(12)6-11(7)14/h3-5H,6H2,1-2H3,(H,15,16). The number of benzene rings is 1. The molecule has 0 saturated heterocycles. The highest BCUT2D eigenvalue weighted by Crippen LogP contribution is 2.35. The van der Waals surface area contributed by atoms with Crippen LogP contribution in [0.25, 0.3) is 0 Å². The molecule has 0 atom stereocenters. The average molecular weight is 248 g/mol. The minimum absolute atomic E-state index is 0.0660. The van der Waals surface area contributed by atoms with Gasteiger partial charge in [0.25, 0.3) is 0 Å². The highest BCUT2D eigenvalue weighted by Gasteiger charge is 2.19. The number of ketones is 1. The van der Waals surface area contributed by atoms with Gasteiger partial charge in [-0.3, -0.25) is 4.79 Å². The lowest BCUT2D eigenvalue weighted by Gasteiger charge is -2.05. The zero-order chi connectivity index (χ0) is 12.6. The molecule has 1 aromatic carbocycles. The zero-order valence-electron chi connectivity index (χ0n) is 9.61. The normalized spacial score (nSPS) is 15.5. The van der Waals surface area contributed by atoms with Crippen LogP contribution in [-0.2, 0) is 11.2 Å². The summed E-state index contributed by atoms with van der Waals surface area (Å²) in [7, 11) is 0. The van der Waals surface area contributed by atoms with Gasteiger partial charge >= 0.3 is 5.97 Å². The van der Waals surface area contributed by atoms with Crippen molar-refractivity contribution in [1.29, 1.82) is 0 Å². The summed E-state index contributed by atoms with van der Waals surface area (Å²) < 4.78 is 0. The largest absolute Gasteiger partial charge is 0.478 e. The fourth-order valence-electron chi connectivity index (χ4n) is 1.69. The molecule has 2 rings (SSSR count). The highest BCUT2D eigenvalue weighted by atomic mass is 32.2. The second-order valence-corrected chi connectivity index (χ2v) is 5.27. The third-order valence-corrected chi connectivity index (χ3v) is 4.10. The van der Waals surface area contributed by atoms with E-state index in [2.05, 4.69) is 0 Å². The second-order valence-electron chi connectivity index (χ2n) is 4.01. The van der Waals surface area contributed by atoms with E-state index in [0.717, 1.165) is 20.9 Å². The van der Waals surface area contributed by atoms with Crippen molar-refractivity contribution in [2.24, 2.45) is 0 Å². The maximum absolute atomic E-state index is 11.8. The third kappa shape index (κ3) is 2.26. The van der Waals surface area contributed by atoms with Gasteiger partial charge in [0.1, 0.15) is 0 Å². The van der Waals surface area contributed by atoms with Gasteiger partial charge < -0.3 is 5.11 Å². The van der Waals surface area contributed by atoms with Crippen LogP contribution in [0.15, 0.2) is 33.6 Å². The van der Waals surface area contributed by atoms with E-state index in [0.29, 0.717) is 0 Å². The number of Topliss-reactive ketones (excluding diaryl/α,β-unsaturated/α-hetero) is 1. The van der Waals surface area contributed by atoms with E-state index in [-0.39, 0.29) is 17.8 Å². The van der Waals surface area contributed by atoms with Crippen molar-refractivity contribution in [2.75, 3.05) is 0 Å². The van der Waals surface area contributed by atoms with Gasteiger partial charge in [0, 0.05) is 16.9 Å². The Morgan fingerprint density at radius 2 is 2.06 bits per heavy atom. The molecule has 0 aromatic heterocycles. The van der Waals surface area contributed by atoms with Gasteiger partial charge in [-0.1, -0.05) is 11.8 Å².